The second-order valence-electron chi connectivity index (χ2n) is 5.96. The van der Waals surface area contributed by atoms with E-state index in [4.69, 9.17) is 11.3 Å². The quantitative estimate of drug-likeness (QED) is 0.616. The molecule has 0 bridgehead atoms. The van der Waals surface area contributed by atoms with Crippen molar-refractivity contribution in [3.63, 3.8) is 0 Å². The summed E-state index contributed by atoms with van der Waals surface area (Å²) in [6.45, 7) is 6.89. The molecule has 2 atom stereocenters. The summed E-state index contributed by atoms with van der Waals surface area (Å²) in [6.07, 6.45) is -5.00. The zero-order valence-corrected chi connectivity index (χ0v) is 14.4. The summed E-state index contributed by atoms with van der Waals surface area (Å²) in [4.78, 5) is 2.36. The van der Waals surface area contributed by atoms with E-state index in [1.54, 1.807) is 0 Å². The number of ether oxygens (including phenoxy) is 1. The number of hydrogen-bond donors (Lipinski definition) is 1. The molecule has 0 spiro atoms. The van der Waals surface area contributed by atoms with Crippen molar-refractivity contribution in [1.82, 2.24) is 0 Å². The number of hydrogen-bond acceptors (Lipinski definition) is 4. The maximum Gasteiger partial charge on any atom is 0.312 e. The molecule has 0 fully saturated rings. The second-order valence-corrected chi connectivity index (χ2v) is 7.94. The largest absolute Gasteiger partial charge is 0.458 e. The Morgan fingerprint density at radius 1 is 1.22 bits per heavy atom. The highest BCUT2D eigenvalue weighted by molar-refractivity contribution is 7.90. The molecule has 0 amide bonds. The molecule has 1 N–H and O–H groups in total. The molecule has 0 radical (unpaired) electrons. The van der Waals surface area contributed by atoms with E-state index in [0.717, 1.165) is 36.6 Å². The van der Waals surface area contributed by atoms with Crippen LogP contribution in [0.25, 0.3) is 4.85 Å². The van der Waals surface area contributed by atoms with Crippen LogP contribution in [0.15, 0.2) is 35.2 Å². The van der Waals surface area contributed by atoms with E-state index in [0.29, 0.717) is 0 Å². The first-order chi connectivity index (χ1) is 12.5. The van der Waals surface area contributed by atoms with E-state index in [-0.39, 0.29) is 11.4 Å². The van der Waals surface area contributed by atoms with Crippen molar-refractivity contribution in [2.24, 2.45) is 0 Å². The average Bonchev–Trinajstić information content (AvgIpc) is 2.75. The molecule has 0 aliphatic heterocycles. The number of alkyl halides is 3. The fraction of sp³-hybridized carbons (Fsp3) is 0.235. The molecule has 2 aromatic carbocycles. The van der Waals surface area contributed by atoms with Crippen LogP contribution >= 0.6 is 0 Å². The molecule has 3 rings (SSSR count). The van der Waals surface area contributed by atoms with Crippen LogP contribution < -0.4 is 4.74 Å². The highest BCUT2D eigenvalue weighted by Gasteiger charge is 2.58. The molecule has 1 aliphatic rings. The predicted octanol–water partition coefficient (Wildman–Crippen LogP) is 4.27. The molecule has 0 heterocycles. The average molecular weight is 401 g/mol. The van der Waals surface area contributed by atoms with Gasteiger partial charge in [0.1, 0.15) is 23.4 Å². The van der Waals surface area contributed by atoms with Crippen molar-refractivity contribution in [3.8, 4) is 11.5 Å². The Kier molecular flexibility index (Phi) is 4.40. The summed E-state index contributed by atoms with van der Waals surface area (Å²) in [7, 11) is -4.06. The predicted molar refractivity (Wildman–Crippen MR) is 86.0 cm³/mol. The third kappa shape index (κ3) is 3.13. The molecule has 0 aromatic heterocycles. The van der Waals surface area contributed by atoms with Crippen LogP contribution in [-0.2, 0) is 9.84 Å². The molecule has 0 unspecified atom stereocenters. The van der Waals surface area contributed by atoms with Gasteiger partial charge in [0.05, 0.1) is 11.5 Å². The Morgan fingerprint density at radius 3 is 2.48 bits per heavy atom. The Hall–Kier alpha value is -2.64. The van der Waals surface area contributed by atoms with Gasteiger partial charge in [-0.25, -0.2) is 22.0 Å². The smallest absolute Gasteiger partial charge is 0.312 e. The van der Waals surface area contributed by atoms with E-state index < -0.39 is 55.6 Å². The normalized spacial score (nSPS) is 20.8. The number of nitrogens with zero attached hydrogens (tertiary/aromatic N) is 1. The Bertz CT molecular complexity index is 1080. The van der Waals surface area contributed by atoms with E-state index in [2.05, 4.69) is 4.85 Å². The number of rotatable bonds is 3. The van der Waals surface area contributed by atoms with Crippen LogP contribution in [0.2, 0.25) is 0 Å². The summed E-state index contributed by atoms with van der Waals surface area (Å²) in [5, 5.41) is 9.83. The minimum Gasteiger partial charge on any atom is -0.458 e. The number of halogens is 4. The molecule has 1 aliphatic carbocycles. The van der Waals surface area contributed by atoms with Crippen LogP contribution in [0.5, 0.6) is 11.5 Å². The minimum absolute atomic E-state index is 0.142. The summed E-state index contributed by atoms with van der Waals surface area (Å²) in [5.41, 5.74) is -1.77. The molecule has 5 nitrogen and oxygen atoms in total. The minimum atomic E-state index is -4.27. The van der Waals surface area contributed by atoms with E-state index >= 15 is 0 Å². The molecule has 2 aromatic rings. The lowest BCUT2D eigenvalue weighted by Gasteiger charge is -2.16. The maximum absolute atomic E-state index is 14.4. The van der Waals surface area contributed by atoms with Crippen molar-refractivity contribution in [2.75, 3.05) is 6.26 Å². The van der Waals surface area contributed by atoms with Gasteiger partial charge in [-0.15, -0.1) is 0 Å². The zero-order valence-electron chi connectivity index (χ0n) is 13.6. The lowest BCUT2D eigenvalue weighted by atomic mass is 10.1. The van der Waals surface area contributed by atoms with Crippen LogP contribution in [0.4, 0.5) is 23.2 Å². The van der Waals surface area contributed by atoms with Gasteiger partial charge >= 0.3 is 5.92 Å². The van der Waals surface area contributed by atoms with Gasteiger partial charge in [-0.1, -0.05) is 0 Å². The molecule has 0 saturated heterocycles. The number of benzene rings is 2. The first kappa shape index (κ1) is 19.1. The lowest BCUT2D eigenvalue weighted by Crippen LogP contribution is -2.24. The highest BCUT2D eigenvalue weighted by Crippen LogP contribution is 2.57. The summed E-state index contributed by atoms with van der Waals surface area (Å²) in [5.74, 6) is -5.90. The van der Waals surface area contributed by atoms with Crippen molar-refractivity contribution in [2.45, 2.75) is 23.1 Å². The number of sulfone groups is 1. The van der Waals surface area contributed by atoms with Gasteiger partial charge in [-0.05, 0) is 24.3 Å². The van der Waals surface area contributed by atoms with E-state index in [9.17, 15) is 31.1 Å². The molecule has 142 valence electrons. The molecule has 10 heteroatoms. The van der Waals surface area contributed by atoms with Crippen molar-refractivity contribution >= 4 is 15.5 Å². The zero-order chi connectivity index (χ0) is 20.1. The highest BCUT2D eigenvalue weighted by atomic mass is 32.2. The number of aliphatic hydroxyl groups excluding tert-OH is 1. The first-order valence-corrected chi connectivity index (χ1v) is 9.28. The van der Waals surface area contributed by atoms with Gasteiger partial charge in [0, 0.05) is 23.4 Å². The SMILES string of the molecule is [C-]#[N+]c1cc(F)cc(Oc2ccc(S(C)(=O)=O)c3c2[C@H](F)C(F)(F)[C@H]3O)c1. The summed E-state index contributed by atoms with van der Waals surface area (Å²) in [6, 6.07) is 4.70. The lowest BCUT2D eigenvalue weighted by molar-refractivity contribution is -0.143. The third-order valence-corrected chi connectivity index (χ3v) is 5.20. The maximum atomic E-state index is 14.4. The van der Waals surface area contributed by atoms with E-state index in [1.807, 2.05) is 0 Å². The van der Waals surface area contributed by atoms with Gasteiger partial charge < -0.3 is 9.84 Å². The molecule has 27 heavy (non-hydrogen) atoms. The standard InChI is InChI=1S/C17H11F4NO4S/c1-22-9-5-8(18)6-10(7-9)26-11-3-4-12(27(2,24)25)14-13(11)15(19)17(20,21)16(14)23/h3-7,15-16,23H,2H3/t15-,16-/m0/s1. The first-order valence-electron chi connectivity index (χ1n) is 7.39. The third-order valence-electron chi connectivity index (χ3n) is 4.05. The summed E-state index contributed by atoms with van der Waals surface area (Å²) < 4.78 is 84.9. The van der Waals surface area contributed by atoms with Crippen LogP contribution in [0, 0.1) is 12.4 Å². The van der Waals surface area contributed by atoms with E-state index in [1.165, 1.54) is 0 Å². The van der Waals surface area contributed by atoms with Gasteiger partial charge in [-0.3, -0.25) is 0 Å². The van der Waals surface area contributed by atoms with Gasteiger partial charge in [0.2, 0.25) is 0 Å². The Balaban J connectivity index is 2.21. The van der Waals surface area contributed by atoms with Crippen molar-refractivity contribution < 1.29 is 35.8 Å². The van der Waals surface area contributed by atoms with Crippen LogP contribution in [0.1, 0.15) is 23.4 Å². The molecular formula is C17H11F4NO4S. The Labute approximate surface area is 151 Å². The monoisotopic (exact) mass is 401 g/mol. The number of aliphatic hydroxyl groups is 1. The van der Waals surface area contributed by atoms with Gasteiger partial charge in [0.15, 0.2) is 21.7 Å². The van der Waals surface area contributed by atoms with Crippen LogP contribution in [-0.4, -0.2) is 25.7 Å². The van der Waals surface area contributed by atoms with Crippen molar-refractivity contribution in [3.05, 3.63) is 58.7 Å². The second kappa shape index (κ2) is 6.21. The molecular weight excluding hydrogens is 390 g/mol. The van der Waals surface area contributed by atoms with Crippen molar-refractivity contribution in [1.29, 1.82) is 0 Å². The van der Waals surface area contributed by atoms with Gasteiger partial charge in [-0.2, -0.15) is 8.78 Å². The van der Waals surface area contributed by atoms with Crippen LogP contribution in [0.3, 0.4) is 0 Å². The topological polar surface area (TPSA) is 68.0 Å². The number of fused-ring (bicyclic) bond motifs is 1. The van der Waals surface area contributed by atoms with Gasteiger partial charge in [0.25, 0.3) is 0 Å². The summed E-state index contributed by atoms with van der Waals surface area (Å²) >= 11 is 0. The Morgan fingerprint density at radius 2 is 1.89 bits per heavy atom. The fourth-order valence-corrected chi connectivity index (χ4v) is 3.81. The molecule has 0 saturated carbocycles. The fourth-order valence-electron chi connectivity index (χ4n) is 2.87.